The van der Waals surface area contributed by atoms with Crippen LogP contribution in [-0.4, -0.2) is 25.6 Å². The fourth-order valence-electron chi connectivity index (χ4n) is 2.33. The van der Waals surface area contributed by atoms with Gasteiger partial charge >= 0.3 is 5.97 Å². The second-order valence-electron chi connectivity index (χ2n) is 5.19. The molecule has 0 saturated heterocycles. The summed E-state index contributed by atoms with van der Waals surface area (Å²) >= 11 is 5.87. The molecule has 0 bridgehead atoms. The molecule has 0 amide bonds. The topological polar surface area (TPSA) is 57.1 Å². The van der Waals surface area contributed by atoms with Gasteiger partial charge in [-0.3, -0.25) is 0 Å². The van der Waals surface area contributed by atoms with E-state index in [0.717, 1.165) is 5.56 Å². The lowest BCUT2D eigenvalue weighted by atomic mass is 10.1. The van der Waals surface area contributed by atoms with Crippen LogP contribution < -0.4 is 9.47 Å². The van der Waals surface area contributed by atoms with E-state index in [4.69, 9.17) is 25.8 Å². The molecule has 6 heteroatoms. The number of methoxy groups -OCH3 is 1. The number of halogens is 1. The summed E-state index contributed by atoms with van der Waals surface area (Å²) in [6.45, 7) is 2.40. The maximum atomic E-state index is 12.1. The third-order valence-electron chi connectivity index (χ3n) is 3.50. The SMILES string of the molecule is CCOc1cc(/C=C2\N=C(c3ccc(Cl)cc3)OC2=O)ccc1OC. The Kier molecular flexibility index (Phi) is 5.05. The molecule has 1 aliphatic heterocycles. The molecule has 3 rings (SSSR count). The average Bonchev–Trinajstić information content (AvgIpc) is 2.97. The number of nitrogens with zero attached hydrogens (tertiary/aromatic N) is 1. The first-order valence-electron chi connectivity index (χ1n) is 7.70. The molecule has 1 heterocycles. The van der Waals surface area contributed by atoms with Crippen molar-refractivity contribution >= 4 is 29.5 Å². The number of benzene rings is 2. The number of hydrogen-bond donors (Lipinski definition) is 0. The van der Waals surface area contributed by atoms with Crippen molar-refractivity contribution in [2.75, 3.05) is 13.7 Å². The minimum atomic E-state index is -0.501. The second kappa shape index (κ2) is 7.40. The van der Waals surface area contributed by atoms with Gasteiger partial charge in [0.05, 0.1) is 13.7 Å². The Morgan fingerprint density at radius 1 is 1.16 bits per heavy atom. The van der Waals surface area contributed by atoms with E-state index in [1.165, 1.54) is 0 Å². The molecule has 5 nitrogen and oxygen atoms in total. The summed E-state index contributed by atoms with van der Waals surface area (Å²) in [5, 5.41) is 0.603. The Balaban J connectivity index is 1.91. The van der Waals surface area contributed by atoms with Gasteiger partial charge < -0.3 is 14.2 Å². The number of rotatable bonds is 5. The number of ether oxygens (including phenoxy) is 3. The van der Waals surface area contributed by atoms with E-state index in [1.807, 2.05) is 13.0 Å². The van der Waals surface area contributed by atoms with Crippen LogP contribution in [0.4, 0.5) is 0 Å². The average molecular weight is 358 g/mol. The van der Waals surface area contributed by atoms with E-state index in [1.54, 1.807) is 49.6 Å². The minimum Gasteiger partial charge on any atom is -0.493 e. The van der Waals surface area contributed by atoms with Crippen LogP contribution >= 0.6 is 11.6 Å². The lowest BCUT2D eigenvalue weighted by Crippen LogP contribution is -2.05. The molecule has 0 spiro atoms. The summed E-state index contributed by atoms with van der Waals surface area (Å²) in [6, 6.07) is 12.3. The zero-order chi connectivity index (χ0) is 17.8. The van der Waals surface area contributed by atoms with E-state index >= 15 is 0 Å². The fourth-order valence-corrected chi connectivity index (χ4v) is 2.46. The molecule has 25 heavy (non-hydrogen) atoms. The summed E-state index contributed by atoms with van der Waals surface area (Å²) in [5.41, 5.74) is 1.67. The van der Waals surface area contributed by atoms with Crippen LogP contribution in [0.5, 0.6) is 11.5 Å². The molecule has 0 radical (unpaired) electrons. The second-order valence-corrected chi connectivity index (χ2v) is 5.62. The van der Waals surface area contributed by atoms with E-state index in [-0.39, 0.29) is 11.6 Å². The van der Waals surface area contributed by atoms with Crippen molar-refractivity contribution in [3.8, 4) is 11.5 Å². The Labute approximate surface area is 150 Å². The molecule has 0 saturated carbocycles. The first-order chi connectivity index (χ1) is 12.1. The van der Waals surface area contributed by atoms with Gasteiger partial charge in [-0.1, -0.05) is 17.7 Å². The quantitative estimate of drug-likeness (QED) is 0.597. The number of aliphatic imine (C=N–C) groups is 1. The molecule has 1 aliphatic rings. The lowest BCUT2D eigenvalue weighted by Gasteiger charge is -2.09. The van der Waals surface area contributed by atoms with Gasteiger partial charge in [-0.15, -0.1) is 0 Å². The van der Waals surface area contributed by atoms with Crippen LogP contribution in [0.2, 0.25) is 5.02 Å². The third kappa shape index (κ3) is 3.83. The lowest BCUT2D eigenvalue weighted by molar-refractivity contribution is -0.129. The number of carbonyl (C=O) groups excluding carboxylic acids is 1. The van der Waals surface area contributed by atoms with Crippen molar-refractivity contribution in [1.82, 2.24) is 0 Å². The molecule has 0 fully saturated rings. The first kappa shape index (κ1) is 17.0. The molecular weight excluding hydrogens is 342 g/mol. The zero-order valence-corrected chi connectivity index (χ0v) is 14.5. The Morgan fingerprint density at radius 2 is 1.92 bits per heavy atom. The van der Waals surface area contributed by atoms with Crippen LogP contribution in [0.25, 0.3) is 6.08 Å². The van der Waals surface area contributed by atoms with Gasteiger partial charge in [0.25, 0.3) is 0 Å². The van der Waals surface area contributed by atoms with Gasteiger partial charge in [0, 0.05) is 10.6 Å². The smallest absolute Gasteiger partial charge is 0.363 e. The number of cyclic esters (lactones) is 1. The van der Waals surface area contributed by atoms with Crippen LogP contribution in [0, 0.1) is 0 Å². The van der Waals surface area contributed by atoms with Crippen molar-refractivity contribution in [3.05, 3.63) is 64.3 Å². The first-order valence-corrected chi connectivity index (χ1v) is 8.08. The van der Waals surface area contributed by atoms with E-state index in [9.17, 15) is 4.79 Å². The minimum absolute atomic E-state index is 0.220. The van der Waals surface area contributed by atoms with Crippen LogP contribution in [0.15, 0.2) is 53.2 Å². The third-order valence-corrected chi connectivity index (χ3v) is 3.75. The van der Waals surface area contributed by atoms with Crippen molar-refractivity contribution in [2.45, 2.75) is 6.92 Å². The van der Waals surface area contributed by atoms with Gasteiger partial charge in [-0.2, -0.15) is 0 Å². The summed E-state index contributed by atoms with van der Waals surface area (Å²) in [7, 11) is 1.58. The highest BCUT2D eigenvalue weighted by atomic mass is 35.5. The highest BCUT2D eigenvalue weighted by Gasteiger charge is 2.24. The highest BCUT2D eigenvalue weighted by molar-refractivity contribution is 6.30. The summed E-state index contributed by atoms with van der Waals surface area (Å²) in [5.74, 6) is 0.987. The predicted octanol–water partition coefficient (Wildman–Crippen LogP) is 4.09. The molecule has 2 aromatic carbocycles. The molecule has 0 unspecified atom stereocenters. The van der Waals surface area contributed by atoms with Crippen LogP contribution in [0.3, 0.4) is 0 Å². The van der Waals surface area contributed by atoms with Crippen molar-refractivity contribution in [3.63, 3.8) is 0 Å². The van der Waals surface area contributed by atoms with Crippen molar-refractivity contribution < 1.29 is 19.0 Å². The molecule has 2 aromatic rings. The van der Waals surface area contributed by atoms with Gasteiger partial charge in [0.2, 0.25) is 5.90 Å². The number of esters is 1. The Hall–Kier alpha value is -2.79. The summed E-state index contributed by atoms with van der Waals surface area (Å²) < 4.78 is 16.0. The zero-order valence-electron chi connectivity index (χ0n) is 13.8. The van der Waals surface area contributed by atoms with E-state index in [0.29, 0.717) is 28.7 Å². The monoisotopic (exact) mass is 357 g/mol. The molecule has 0 atom stereocenters. The Bertz CT molecular complexity index is 856. The summed E-state index contributed by atoms with van der Waals surface area (Å²) in [6.07, 6.45) is 1.65. The molecule has 0 aliphatic carbocycles. The van der Waals surface area contributed by atoms with Crippen LogP contribution in [-0.2, 0) is 9.53 Å². The van der Waals surface area contributed by atoms with Crippen molar-refractivity contribution in [1.29, 1.82) is 0 Å². The van der Waals surface area contributed by atoms with Crippen molar-refractivity contribution in [2.24, 2.45) is 4.99 Å². The maximum absolute atomic E-state index is 12.1. The highest BCUT2D eigenvalue weighted by Crippen LogP contribution is 2.29. The largest absolute Gasteiger partial charge is 0.493 e. The van der Waals surface area contributed by atoms with Gasteiger partial charge in [0.1, 0.15) is 0 Å². The number of carbonyl (C=O) groups is 1. The standard InChI is InChI=1S/C19H16ClNO4/c1-3-24-17-11-12(4-9-16(17)23-2)10-15-19(22)25-18(21-15)13-5-7-14(20)8-6-13/h4-11H,3H2,1-2H3/b15-10-. The van der Waals surface area contributed by atoms with Gasteiger partial charge in [-0.05, 0) is 55.0 Å². The molecule has 0 N–H and O–H groups in total. The fraction of sp³-hybridized carbons (Fsp3) is 0.158. The predicted molar refractivity (Wildman–Crippen MR) is 96.2 cm³/mol. The molecular formula is C19H16ClNO4. The van der Waals surface area contributed by atoms with E-state index < -0.39 is 5.97 Å². The van der Waals surface area contributed by atoms with Gasteiger partial charge in [-0.25, -0.2) is 9.79 Å². The molecule has 0 aromatic heterocycles. The summed E-state index contributed by atoms with van der Waals surface area (Å²) in [4.78, 5) is 16.3. The van der Waals surface area contributed by atoms with Crippen LogP contribution in [0.1, 0.15) is 18.1 Å². The molecule has 128 valence electrons. The number of hydrogen-bond acceptors (Lipinski definition) is 5. The normalized spacial score (nSPS) is 15.1. The van der Waals surface area contributed by atoms with E-state index in [2.05, 4.69) is 4.99 Å². The Morgan fingerprint density at radius 3 is 2.60 bits per heavy atom. The van der Waals surface area contributed by atoms with Gasteiger partial charge in [0.15, 0.2) is 17.2 Å². The maximum Gasteiger partial charge on any atom is 0.363 e.